The second-order valence-electron chi connectivity index (χ2n) is 7.94. The average molecular weight is 455 g/mol. The van der Waals surface area contributed by atoms with Crippen LogP contribution in [-0.2, 0) is 16.5 Å². The fraction of sp³-hybridized carbons (Fsp3) is 0.520. The van der Waals surface area contributed by atoms with Crippen LogP contribution in [-0.4, -0.2) is 13.0 Å². The molecule has 0 saturated heterocycles. The molecule has 0 amide bonds. The topological polar surface area (TPSA) is 66.4 Å². The van der Waals surface area contributed by atoms with E-state index >= 15 is 0 Å². The first kappa shape index (κ1) is 28.2. The van der Waals surface area contributed by atoms with Crippen LogP contribution in [0.5, 0.6) is 11.5 Å². The smallest absolute Gasteiger partial charge is 0.744 e. The summed E-state index contributed by atoms with van der Waals surface area (Å²) in [7, 11) is -4.57. The van der Waals surface area contributed by atoms with E-state index in [-0.39, 0.29) is 40.2 Å². The number of ether oxygens (including phenoxy) is 1. The predicted octanol–water partition coefficient (Wildman–Crippen LogP) is 4.24. The zero-order chi connectivity index (χ0) is 21.7. The van der Waals surface area contributed by atoms with E-state index in [0.717, 1.165) is 18.4 Å². The number of unbranched alkanes of at least 4 members (excludes halogenated alkanes) is 10. The van der Waals surface area contributed by atoms with E-state index in [2.05, 4.69) is 13.0 Å². The molecule has 0 aliphatic heterocycles. The summed E-state index contributed by atoms with van der Waals surface area (Å²) >= 11 is 0. The maximum Gasteiger partial charge on any atom is 1.00 e. The minimum atomic E-state index is -4.57. The van der Waals surface area contributed by atoms with Crippen molar-refractivity contribution in [3.05, 3.63) is 54.1 Å². The monoisotopic (exact) mass is 454 g/mol. The molecule has 0 fully saturated rings. The predicted molar refractivity (Wildman–Crippen MR) is 121 cm³/mol. The van der Waals surface area contributed by atoms with E-state index in [0.29, 0.717) is 5.75 Å². The molecule has 6 heteroatoms. The molecule has 2 aromatic carbocycles. The summed E-state index contributed by atoms with van der Waals surface area (Å²) in [6.07, 6.45) is 15.5. The van der Waals surface area contributed by atoms with Crippen LogP contribution in [0.3, 0.4) is 0 Å². The van der Waals surface area contributed by atoms with Gasteiger partial charge in [-0.25, -0.2) is 8.42 Å². The second-order valence-corrected chi connectivity index (χ2v) is 9.28. The van der Waals surface area contributed by atoms with Crippen LogP contribution in [0, 0.1) is 0 Å². The Morgan fingerprint density at radius 3 is 1.97 bits per heavy atom. The van der Waals surface area contributed by atoms with Crippen LogP contribution in [0.1, 0.15) is 83.1 Å². The van der Waals surface area contributed by atoms with Gasteiger partial charge in [0.1, 0.15) is 21.6 Å². The molecule has 0 saturated carbocycles. The summed E-state index contributed by atoms with van der Waals surface area (Å²) in [6, 6.07) is 13.6. The van der Waals surface area contributed by atoms with E-state index in [1.54, 1.807) is 12.1 Å². The second kappa shape index (κ2) is 15.9. The third-order valence-electron chi connectivity index (χ3n) is 5.31. The Morgan fingerprint density at radius 2 is 1.35 bits per heavy atom. The number of hydrogen-bond acceptors (Lipinski definition) is 4. The van der Waals surface area contributed by atoms with Gasteiger partial charge in [-0.05, 0) is 42.7 Å². The molecular formula is C25H35NaO4S. The van der Waals surface area contributed by atoms with Gasteiger partial charge in [0.25, 0.3) is 0 Å². The van der Waals surface area contributed by atoms with Gasteiger partial charge < -0.3 is 9.29 Å². The van der Waals surface area contributed by atoms with Crippen molar-refractivity contribution in [2.45, 2.75) is 88.9 Å². The maximum atomic E-state index is 11.4. The van der Waals surface area contributed by atoms with Gasteiger partial charge in [0.2, 0.25) is 0 Å². The fourth-order valence-electron chi connectivity index (χ4n) is 3.63. The van der Waals surface area contributed by atoms with Crippen LogP contribution >= 0.6 is 0 Å². The molecule has 2 rings (SSSR count). The van der Waals surface area contributed by atoms with Gasteiger partial charge >= 0.3 is 29.6 Å². The number of para-hydroxylation sites is 1. The number of aryl methyl sites for hydroxylation is 1. The van der Waals surface area contributed by atoms with E-state index in [4.69, 9.17) is 4.74 Å². The van der Waals surface area contributed by atoms with Gasteiger partial charge in [-0.15, -0.1) is 0 Å². The van der Waals surface area contributed by atoms with Crippen molar-refractivity contribution >= 4 is 10.1 Å². The van der Waals surface area contributed by atoms with Crippen LogP contribution in [0.25, 0.3) is 0 Å². The number of benzene rings is 2. The Bertz CT molecular complexity index is 852. The van der Waals surface area contributed by atoms with Crippen molar-refractivity contribution in [1.82, 2.24) is 0 Å². The van der Waals surface area contributed by atoms with Gasteiger partial charge in [0, 0.05) is 0 Å². The van der Waals surface area contributed by atoms with Gasteiger partial charge in [0.15, 0.2) is 0 Å². The first-order valence-corrected chi connectivity index (χ1v) is 12.7. The molecular weight excluding hydrogens is 419 g/mol. The molecule has 166 valence electrons. The molecule has 31 heavy (non-hydrogen) atoms. The van der Waals surface area contributed by atoms with E-state index in [1.165, 1.54) is 82.4 Å². The Labute approximate surface area is 210 Å². The zero-order valence-electron chi connectivity index (χ0n) is 19.1. The first-order chi connectivity index (χ1) is 14.5. The molecule has 0 spiro atoms. The van der Waals surface area contributed by atoms with E-state index < -0.39 is 10.1 Å². The summed E-state index contributed by atoms with van der Waals surface area (Å²) in [5.74, 6) is 0.617. The largest absolute Gasteiger partial charge is 1.00 e. The van der Waals surface area contributed by atoms with E-state index in [1.807, 2.05) is 12.1 Å². The summed E-state index contributed by atoms with van der Waals surface area (Å²) in [4.78, 5) is -0.333. The molecule has 0 unspecified atom stereocenters. The van der Waals surface area contributed by atoms with Crippen molar-refractivity contribution < 1.29 is 47.3 Å². The molecule has 4 nitrogen and oxygen atoms in total. The summed E-state index contributed by atoms with van der Waals surface area (Å²) in [6.45, 7) is 2.25. The summed E-state index contributed by atoms with van der Waals surface area (Å²) in [5, 5.41) is 0. The molecule has 0 heterocycles. The van der Waals surface area contributed by atoms with Gasteiger partial charge in [-0.3, -0.25) is 0 Å². The molecule has 0 aliphatic carbocycles. The van der Waals surface area contributed by atoms with E-state index in [9.17, 15) is 13.0 Å². The first-order valence-electron chi connectivity index (χ1n) is 11.3. The van der Waals surface area contributed by atoms with Crippen LogP contribution in [0.4, 0.5) is 0 Å². The Morgan fingerprint density at radius 1 is 0.774 bits per heavy atom. The molecule has 0 N–H and O–H groups in total. The standard InChI is InChI=1S/C25H36O4S.Na/c1-2-3-4-5-6-7-8-9-10-11-12-16-22-17-15-18-23(21-22)29-24-19-13-14-20-25(24)30(26,27)28;/h13-15,17-21H,2-12,16H2,1H3,(H,26,27,28);/q;+1/p-1. The van der Waals surface area contributed by atoms with Crippen molar-refractivity contribution in [1.29, 1.82) is 0 Å². The quantitative estimate of drug-likeness (QED) is 0.229. The normalized spacial score (nSPS) is 11.2. The molecule has 2 aromatic rings. The fourth-order valence-corrected chi connectivity index (χ4v) is 4.23. The van der Waals surface area contributed by atoms with Gasteiger partial charge in [0.05, 0.1) is 4.90 Å². The van der Waals surface area contributed by atoms with Crippen LogP contribution in [0.2, 0.25) is 0 Å². The third kappa shape index (κ3) is 11.5. The molecule has 0 aliphatic rings. The minimum Gasteiger partial charge on any atom is -0.744 e. The van der Waals surface area contributed by atoms with Gasteiger partial charge in [-0.1, -0.05) is 95.4 Å². The zero-order valence-corrected chi connectivity index (χ0v) is 22.0. The maximum absolute atomic E-state index is 11.4. The third-order valence-corrected chi connectivity index (χ3v) is 6.19. The van der Waals surface area contributed by atoms with Crippen LogP contribution in [0.15, 0.2) is 53.4 Å². The minimum absolute atomic E-state index is 0. The Balaban J connectivity index is 0.00000480. The van der Waals surface area contributed by atoms with Gasteiger partial charge in [-0.2, -0.15) is 0 Å². The van der Waals surface area contributed by atoms with Crippen molar-refractivity contribution in [2.24, 2.45) is 0 Å². The number of hydrogen-bond donors (Lipinski definition) is 0. The number of rotatable bonds is 15. The van der Waals surface area contributed by atoms with Crippen molar-refractivity contribution in [2.75, 3.05) is 0 Å². The Hall–Kier alpha value is -0.850. The van der Waals surface area contributed by atoms with Crippen LogP contribution < -0.4 is 34.3 Å². The molecule has 0 radical (unpaired) electrons. The average Bonchev–Trinajstić information content (AvgIpc) is 2.72. The summed E-state index contributed by atoms with van der Waals surface area (Å²) < 4.78 is 39.9. The summed E-state index contributed by atoms with van der Waals surface area (Å²) in [5.41, 5.74) is 1.16. The SMILES string of the molecule is CCCCCCCCCCCCCc1cccc(Oc2ccccc2S(=O)(=O)[O-])c1.[Na+]. The molecule has 0 bridgehead atoms. The van der Waals surface area contributed by atoms with Crippen molar-refractivity contribution in [3.63, 3.8) is 0 Å². The Kier molecular flexibility index (Phi) is 14.4. The molecule has 0 aromatic heterocycles. The molecule has 0 atom stereocenters. The van der Waals surface area contributed by atoms with Crippen molar-refractivity contribution in [3.8, 4) is 11.5 Å².